The maximum absolute atomic E-state index is 4.59. The molecule has 0 aliphatic heterocycles. The number of hydrogen-bond acceptors (Lipinski definition) is 4. The van der Waals surface area contributed by atoms with E-state index in [0.29, 0.717) is 6.54 Å². The highest BCUT2D eigenvalue weighted by Crippen LogP contribution is 2.22. The van der Waals surface area contributed by atoms with Crippen LogP contribution in [0.25, 0.3) is 0 Å². The molecule has 0 bridgehead atoms. The molecule has 2 aromatic heterocycles. The van der Waals surface area contributed by atoms with Crippen LogP contribution in [-0.2, 0) is 32.6 Å². The van der Waals surface area contributed by atoms with Crippen LogP contribution in [0.3, 0.4) is 0 Å². The van der Waals surface area contributed by atoms with Crippen molar-refractivity contribution in [3.63, 3.8) is 0 Å². The molecule has 0 radical (unpaired) electrons. The lowest BCUT2D eigenvalue weighted by Crippen LogP contribution is -2.19. The maximum Gasteiger partial charge on any atom is 0.146 e. The monoisotopic (exact) mass is 340 g/mol. The molecule has 110 valence electrons. The van der Waals surface area contributed by atoms with Gasteiger partial charge in [-0.25, -0.2) is 0 Å². The van der Waals surface area contributed by atoms with Gasteiger partial charge in [-0.1, -0.05) is 6.92 Å². The number of nitrogens with one attached hydrogen (secondary N) is 1. The Labute approximate surface area is 127 Å². The SMILES string of the molecule is CCc1nn(CC)c(CNCc2nncn2CC)c1Br. The average molecular weight is 341 g/mol. The van der Waals surface area contributed by atoms with E-state index in [2.05, 4.69) is 57.3 Å². The van der Waals surface area contributed by atoms with E-state index in [1.165, 1.54) is 5.69 Å². The molecule has 7 heteroatoms. The number of aromatic nitrogens is 5. The van der Waals surface area contributed by atoms with Crippen molar-refractivity contribution in [1.82, 2.24) is 29.9 Å². The van der Waals surface area contributed by atoms with Crippen molar-refractivity contribution in [2.45, 2.75) is 53.4 Å². The first kappa shape index (κ1) is 15.2. The molecule has 0 saturated carbocycles. The highest BCUT2D eigenvalue weighted by molar-refractivity contribution is 9.10. The van der Waals surface area contributed by atoms with Gasteiger partial charge in [0.2, 0.25) is 0 Å². The van der Waals surface area contributed by atoms with Crippen molar-refractivity contribution in [3.8, 4) is 0 Å². The Morgan fingerprint density at radius 3 is 2.65 bits per heavy atom. The molecule has 20 heavy (non-hydrogen) atoms. The lowest BCUT2D eigenvalue weighted by Gasteiger charge is -2.08. The Morgan fingerprint density at radius 2 is 2.00 bits per heavy atom. The van der Waals surface area contributed by atoms with Crippen molar-refractivity contribution in [1.29, 1.82) is 0 Å². The molecule has 0 fully saturated rings. The second-order valence-corrected chi connectivity index (χ2v) is 5.31. The largest absolute Gasteiger partial charge is 0.317 e. The first-order chi connectivity index (χ1) is 9.71. The van der Waals surface area contributed by atoms with Crippen molar-refractivity contribution >= 4 is 15.9 Å². The zero-order chi connectivity index (χ0) is 14.5. The van der Waals surface area contributed by atoms with Gasteiger partial charge in [0.05, 0.1) is 22.4 Å². The third-order valence-corrected chi connectivity index (χ3v) is 4.22. The molecule has 0 atom stereocenters. The second-order valence-electron chi connectivity index (χ2n) is 4.51. The Kier molecular flexibility index (Phi) is 5.31. The van der Waals surface area contributed by atoms with E-state index in [1.54, 1.807) is 6.33 Å². The molecule has 0 spiro atoms. The van der Waals surface area contributed by atoms with Crippen LogP contribution >= 0.6 is 15.9 Å². The minimum Gasteiger partial charge on any atom is -0.317 e. The number of aryl methyl sites for hydroxylation is 3. The normalized spacial score (nSPS) is 11.2. The van der Waals surface area contributed by atoms with Crippen LogP contribution in [-0.4, -0.2) is 24.5 Å². The number of nitrogens with zero attached hydrogens (tertiary/aromatic N) is 5. The Balaban J connectivity index is 2.02. The van der Waals surface area contributed by atoms with Gasteiger partial charge in [0.1, 0.15) is 12.2 Å². The average Bonchev–Trinajstić information content (AvgIpc) is 3.04. The highest BCUT2D eigenvalue weighted by atomic mass is 79.9. The predicted octanol–water partition coefficient (Wildman–Crippen LogP) is 2.13. The van der Waals surface area contributed by atoms with Gasteiger partial charge in [-0.05, 0) is 36.2 Å². The first-order valence-electron chi connectivity index (χ1n) is 7.02. The summed E-state index contributed by atoms with van der Waals surface area (Å²) in [7, 11) is 0. The number of hydrogen-bond donors (Lipinski definition) is 1. The Hall–Kier alpha value is -1.21. The van der Waals surface area contributed by atoms with E-state index >= 15 is 0 Å². The van der Waals surface area contributed by atoms with E-state index in [-0.39, 0.29) is 0 Å². The molecule has 0 aliphatic carbocycles. The molecule has 2 aromatic rings. The third kappa shape index (κ3) is 3.09. The van der Waals surface area contributed by atoms with Gasteiger partial charge in [0, 0.05) is 19.6 Å². The van der Waals surface area contributed by atoms with Crippen LogP contribution in [0.4, 0.5) is 0 Å². The van der Waals surface area contributed by atoms with Gasteiger partial charge in [0.25, 0.3) is 0 Å². The summed E-state index contributed by atoms with van der Waals surface area (Å²) < 4.78 is 5.20. The third-order valence-electron chi connectivity index (χ3n) is 3.31. The van der Waals surface area contributed by atoms with E-state index in [0.717, 1.165) is 42.0 Å². The smallest absolute Gasteiger partial charge is 0.146 e. The summed E-state index contributed by atoms with van der Waals surface area (Å²) in [5, 5.41) is 16.1. The van der Waals surface area contributed by atoms with Crippen LogP contribution < -0.4 is 5.32 Å². The van der Waals surface area contributed by atoms with Crippen LogP contribution in [0, 0.1) is 0 Å². The maximum atomic E-state index is 4.59. The lowest BCUT2D eigenvalue weighted by molar-refractivity contribution is 0.558. The van der Waals surface area contributed by atoms with Crippen LogP contribution in [0.5, 0.6) is 0 Å². The Bertz CT molecular complexity index is 559. The lowest BCUT2D eigenvalue weighted by atomic mass is 10.3. The summed E-state index contributed by atoms with van der Waals surface area (Å²) in [6.07, 6.45) is 2.70. The first-order valence-corrected chi connectivity index (χ1v) is 7.81. The van der Waals surface area contributed by atoms with Crippen LogP contribution in [0.2, 0.25) is 0 Å². The molecule has 0 aromatic carbocycles. The fourth-order valence-corrected chi connectivity index (χ4v) is 2.86. The molecule has 6 nitrogen and oxygen atoms in total. The van der Waals surface area contributed by atoms with Gasteiger partial charge in [-0.3, -0.25) is 4.68 Å². The molecule has 2 heterocycles. The minimum absolute atomic E-state index is 0.705. The molecule has 0 saturated heterocycles. The summed E-state index contributed by atoms with van der Waals surface area (Å²) in [6.45, 7) is 9.54. The van der Waals surface area contributed by atoms with Crippen molar-refractivity contribution < 1.29 is 0 Å². The fraction of sp³-hybridized carbons (Fsp3) is 0.615. The molecule has 0 unspecified atom stereocenters. The standard InChI is InChI=1S/C13H21BrN6/c1-4-10-13(14)11(20(6-3)18-10)7-15-8-12-17-16-9-19(12)5-2/h9,15H,4-8H2,1-3H3. The van der Waals surface area contributed by atoms with Gasteiger partial charge in [-0.2, -0.15) is 5.10 Å². The molecule has 0 aliphatic rings. The molecule has 1 N–H and O–H groups in total. The zero-order valence-electron chi connectivity index (χ0n) is 12.2. The Morgan fingerprint density at radius 1 is 1.20 bits per heavy atom. The fourth-order valence-electron chi connectivity index (χ4n) is 2.16. The van der Waals surface area contributed by atoms with Gasteiger partial charge >= 0.3 is 0 Å². The summed E-state index contributed by atoms with van der Waals surface area (Å²) in [6, 6.07) is 0. The van der Waals surface area contributed by atoms with E-state index < -0.39 is 0 Å². The van der Waals surface area contributed by atoms with Gasteiger partial charge in [0.15, 0.2) is 0 Å². The van der Waals surface area contributed by atoms with E-state index in [1.807, 2.05) is 9.25 Å². The molecule has 0 amide bonds. The topological polar surface area (TPSA) is 60.6 Å². The summed E-state index contributed by atoms with van der Waals surface area (Å²) in [5.74, 6) is 0.960. The van der Waals surface area contributed by atoms with Gasteiger partial charge in [-0.15, -0.1) is 10.2 Å². The van der Waals surface area contributed by atoms with E-state index in [4.69, 9.17) is 0 Å². The quantitative estimate of drug-likeness (QED) is 0.838. The summed E-state index contributed by atoms with van der Waals surface area (Å²) in [4.78, 5) is 0. The van der Waals surface area contributed by atoms with Gasteiger partial charge < -0.3 is 9.88 Å². The molecule has 2 rings (SSSR count). The number of halogens is 1. The summed E-state index contributed by atoms with van der Waals surface area (Å²) >= 11 is 3.65. The van der Waals surface area contributed by atoms with Crippen LogP contribution in [0.1, 0.15) is 38.0 Å². The second kappa shape index (κ2) is 6.99. The highest BCUT2D eigenvalue weighted by Gasteiger charge is 2.13. The molecular formula is C13H21BrN6. The zero-order valence-corrected chi connectivity index (χ0v) is 13.8. The minimum atomic E-state index is 0.705. The van der Waals surface area contributed by atoms with Crippen molar-refractivity contribution in [3.05, 3.63) is 28.0 Å². The van der Waals surface area contributed by atoms with Crippen molar-refractivity contribution in [2.24, 2.45) is 0 Å². The van der Waals surface area contributed by atoms with Crippen molar-refractivity contribution in [2.75, 3.05) is 0 Å². The molecular weight excluding hydrogens is 320 g/mol. The summed E-state index contributed by atoms with van der Waals surface area (Å²) in [5.41, 5.74) is 2.30. The van der Waals surface area contributed by atoms with Crippen LogP contribution in [0.15, 0.2) is 10.8 Å². The number of rotatable bonds is 7. The predicted molar refractivity (Wildman–Crippen MR) is 81.2 cm³/mol. The van der Waals surface area contributed by atoms with E-state index in [9.17, 15) is 0 Å².